The largest absolute Gasteiger partial charge is 0.449 e. The minimum Gasteiger partial charge on any atom is -0.449 e. The highest BCUT2D eigenvalue weighted by Crippen LogP contribution is 2.23. The number of thioether (sulfide) groups is 1. The van der Waals surface area contributed by atoms with Crippen LogP contribution in [-0.2, 0) is 14.3 Å². The van der Waals surface area contributed by atoms with E-state index >= 15 is 0 Å². The molecular formula is C15H18N2O5S. The number of hydrogen-bond donors (Lipinski definition) is 2. The van der Waals surface area contributed by atoms with Crippen LogP contribution in [0.5, 0.6) is 0 Å². The Balaban J connectivity index is 2.75. The van der Waals surface area contributed by atoms with Gasteiger partial charge in [-0.1, -0.05) is 12.1 Å². The van der Waals surface area contributed by atoms with Gasteiger partial charge in [-0.05, 0) is 26.0 Å². The Labute approximate surface area is 138 Å². The second-order valence-electron chi connectivity index (χ2n) is 4.60. The summed E-state index contributed by atoms with van der Waals surface area (Å²) in [6.45, 7) is 2.82. The van der Waals surface area contributed by atoms with Crippen molar-refractivity contribution < 1.29 is 23.9 Å². The van der Waals surface area contributed by atoms with Crippen molar-refractivity contribution in [1.29, 1.82) is 0 Å². The van der Waals surface area contributed by atoms with Gasteiger partial charge in [-0.3, -0.25) is 14.9 Å². The molecule has 0 saturated carbocycles. The molecule has 0 unspecified atom stereocenters. The molecular weight excluding hydrogens is 320 g/mol. The fourth-order valence-corrected chi connectivity index (χ4v) is 2.33. The first-order chi connectivity index (χ1) is 10.8. The number of urea groups is 1. The van der Waals surface area contributed by atoms with E-state index in [0.717, 1.165) is 0 Å². The third-order valence-corrected chi connectivity index (χ3v) is 3.87. The Morgan fingerprint density at radius 3 is 2.48 bits per heavy atom. The van der Waals surface area contributed by atoms with E-state index in [1.54, 1.807) is 24.3 Å². The van der Waals surface area contributed by atoms with E-state index in [9.17, 15) is 19.2 Å². The third-order valence-electron chi connectivity index (χ3n) is 2.65. The minimum absolute atomic E-state index is 0.0171. The Morgan fingerprint density at radius 1 is 1.22 bits per heavy atom. The third kappa shape index (κ3) is 6.11. The van der Waals surface area contributed by atoms with Crippen LogP contribution >= 0.6 is 11.8 Å². The summed E-state index contributed by atoms with van der Waals surface area (Å²) in [5, 5.41) is 4.25. The van der Waals surface area contributed by atoms with Gasteiger partial charge >= 0.3 is 12.0 Å². The molecule has 0 aliphatic heterocycles. The molecule has 8 heteroatoms. The van der Waals surface area contributed by atoms with Crippen LogP contribution in [0, 0.1) is 0 Å². The maximum absolute atomic E-state index is 12.2. The summed E-state index contributed by atoms with van der Waals surface area (Å²) in [4.78, 5) is 46.6. The first kappa shape index (κ1) is 18.7. The lowest BCUT2D eigenvalue weighted by Gasteiger charge is -2.14. The highest BCUT2D eigenvalue weighted by atomic mass is 32.2. The lowest BCUT2D eigenvalue weighted by atomic mass is 10.2. The molecule has 1 rings (SSSR count). The SMILES string of the molecule is CNC(=O)NC(=O)[C@H](C)OC(=O)c1ccccc1SCC(C)=O. The van der Waals surface area contributed by atoms with Crippen LogP contribution in [0.15, 0.2) is 29.2 Å². The molecule has 0 radical (unpaired) electrons. The van der Waals surface area contributed by atoms with Gasteiger partial charge in [0.2, 0.25) is 0 Å². The normalized spacial score (nSPS) is 11.3. The number of carbonyl (C=O) groups excluding carboxylic acids is 4. The molecule has 0 aliphatic rings. The number of Topliss-reactive ketones (excluding diaryl/α,β-unsaturated/α-hetero) is 1. The van der Waals surface area contributed by atoms with E-state index in [4.69, 9.17) is 4.74 Å². The zero-order valence-corrected chi connectivity index (χ0v) is 13.9. The van der Waals surface area contributed by atoms with Crippen LogP contribution in [0.25, 0.3) is 0 Å². The number of amides is 3. The lowest BCUT2D eigenvalue weighted by Crippen LogP contribution is -2.43. The predicted octanol–water partition coefficient (Wildman–Crippen LogP) is 1.37. The van der Waals surface area contributed by atoms with Gasteiger partial charge in [0.15, 0.2) is 6.10 Å². The van der Waals surface area contributed by atoms with Crippen molar-refractivity contribution in [2.45, 2.75) is 24.8 Å². The number of rotatable bonds is 6. The van der Waals surface area contributed by atoms with Crippen LogP contribution in [0.2, 0.25) is 0 Å². The van der Waals surface area contributed by atoms with Gasteiger partial charge in [-0.25, -0.2) is 9.59 Å². The van der Waals surface area contributed by atoms with Crippen LogP contribution in [0.4, 0.5) is 4.79 Å². The summed E-state index contributed by atoms with van der Waals surface area (Å²) < 4.78 is 5.06. The second kappa shape index (κ2) is 8.94. The molecule has 1 atom stereocenters. The van der Waals surface area contributed by atoms with Crippen LogP contribution in [0.3, 0.4) is 0 Å². The zero-order valence-electron chi connectivity index (χ0n) is 13.0. The van der Waals surface area contributed by atoms with Crippen LogP contribution in [-0.4, -0.2) is 42.6 Å². The number of hydrogen-bond acceptors (Lipinski definition) is 6. The molecule has 0 spiro atoms. The molecule has 2 N–H and O–H groups in total. The summed E-state index contributed by atoms with van der Waals surface area (Å²) in [5.74, 6) is -1.21. The zero-order chi connectivity index (χ0) is 17.4. The molecule has 124 valence electrons. The summed E-state index contributed by atoms with van der Waals surface area (Å²) in [7, 11) is 1.36. The number of benzene rings is 1. The van der Waals surface area contributed by atoms with E-state index in [0.29, 0.717) is 4.90 Å². The maximum atomic E-state index is 12.2. The van der Waals surface area contributed by atoms with Crippen molar-refractivity contribution in [3.8, 4) is 0 Å². The molecule has 0 bridgehead atoms. The van der Waals surface area contributed by atoms with Crippen LogP contribution in [0.1, 0.15) is 24.2 Å². The average molecular weight is 338 g/mol. The summed E-state index contributed by atoms with van der Waals surface area (Å²) >= 11 is 1.22. The molecule has 7 nitrogen and oxygen atoms in total. The van der Waals surface area contributed by atoms with Gasteiger partial charge in [0.05, 0.1) is 11.3 Å². The number of ketones is 1. The van der Waals surface area contributed by atoms with Gasteiger partial charge < -0.3 is 10.1 Å². The van der Waals surface area contributed by atoms with Gasteiger partial charge in [-0.15, -0.1) is 11.8 Å². The van der Waals surface area contributed by atoms with E-state index in [1.165, 1.54) is 32.7 Å². The molecule has 23 heavy (non-hydrogen) atoms. The smallest absolute Gasteiger partial charge is 0.340 e. The van der Waals surface area contributed by atoms with E-state index in [1.807, 2.05) is 5.32 Å². The Morgan fingerprint density at radius 2 is 1.87 bits per heavy atom. The highest BCUT2D eigenvalue weighted by molar-refractivity contribution is 8.00. The number of ether oxygens (including phenoxy) is 1. The fourth-order valence-electron chi connectivity index (χ4n) is 1.49. The van der Waals surface area contributed by atoms with Gasteiger partial charge in [0.1, 0.15) is 5.78 Å². The van der Waals surface area contributed by atoms with E-state index in [2.05, 4.69) is 5.32 Å². The second-order valence-corrected chi connectivity index (χ2v) is 5.62. The van der Waals surface area contributed by atoms with Crippen LogP contribution < -0.4 is 10.6 Å². The van der Waals surface area contributed by atoms with Gasteiger partial charge in [-0.2, -0.15) is 0 Å². The number of esters is 1. The number of imide groups is 1. The van der Waals surface area contributed by atoms with Crippen molar-refractivity contribution in [2.75, 3.05) is 12.8 Å². The van der Waals surface area contributed by atoms with Crippen molar-refractivity contribution in [3.05, 3.63) is 29.8 Å². The van der Waals surface area contributed by atoms with Crippen molar-refractivity contribution in [3.63, 3.8) is 0 Å². The number of carbonyl (C=O) groups is 4. The summed E-state index contributed by atoms with van der Waals surface area (Å²) in [5.41, 5.74) is 0.262. The lowest BCUT2D eigenvalue weighted by molar-refractivity contribution is -0.127. The standard InChI is InChI=1S/C15H18N2O5S/c1-9(18)8-23-12-7-5-4-6-11(12)14(20)22-10(2)13(19)17-15(21)16-3/h4-7,10H,8H2,1-3H3,(H2,16,17,19,21)/t10-/m0/s1. The molecule has 1 aromatic rings. The quantitative estimate of drug-likeness (QED) is 0.600. The molecule has 0 aliphatic carbocycles. The molecule has 0 fully saturated rings. The Bertz CT molecular complexity index is 618. The monoisotopic (exact) mass is 338 g/mol. The molecule has 0 aromatic heterocycles. The van der Waals surface area contributed by atoms with Gasteiger partial charge in [0.25, 0.3) is 5.91 Å². The van der Waals surface area contributed by atoms with Crippen molar-refractivity contribution in [1.82, 2.24) is 10.6 Å². The van der Waals surface area contributed by atoms with E-state index in [-0.39, 0.29) is 17.1 Å². The Kier molecular flexibility index (Phi) is 7.27. The first-order valence-electron chi connectivity index (χ1n) is 6.80. The molecule has 0 saturated heterocycles. The number of nitrogens with one attached hydrogen (secondary N) is 2. The first-order valence-corrected chi connectivity index (χ1v) is 7.78. The van der Waals surface area contributed by atoms with Crippen molar-refractivity contribution in [2.24, 2.45) is 0 Å². The summed E-state index contributed by atoms with van der Waals surface area (Å²) in [6.07, 6.45) is -1.13. The molecule has 3 amide bonds. The molecule has 1 aromatic carbocycles. The highest BCUT2D eigenvalue weighted by Gasteiger charge is 2.22. The topological polar surface area (TPSA) is 102 Å². The summed E-state index contributed by atoms with van der Waals surface area (Å²) in [6, 6.07) is 5.95. The average Bonchev–Trinajstić information content (AvgIpc) is 2.52. The maximum Gasteiger partial charge on any atom is 0.340 e. The Hall–Kier alpha value is -2.35. The fraction of sp³-hybridized carbons (Fsp3) is 0.333. The van der Waals surface area contributed by atoms with Gasteiger partial charge in [0, 0.05) is 11.9 Å². The van der Waals surface area contributed by atoms with E-state index < -0.39 is 24.0 Å². The molecule has 0 heterocycles. The predicted molar refractivity (Wildman–Crippen MR) is 85.3 cm³/mol. The van der Waals surface area contributed by atoms with Crippen molar-refractivity contribution >= 4 is 35.5 Å². The minimum atomic E-state index is -1.13.